The first kappa shape index (κ1) is 22.0. The molecular formula is C16H33Cl2N3O. The molecule has 3 unspecified atom stereocenters. The maximum atomic E-state index is 12.7. The van der Waals surface area contributed by atoms with Crippen molar-refractivity contribution in [3.8, 4) is 0 Å². The first-order chi connectivity index (χ1) is 9.63. The van der Waals surface area contributed by atoms with Crippen LogP contribution in [0.1, 0.15) is 52.4 Å². The smallest absolute Gasteiger partial charge is 0.237 e. The predicted octanol–water partition coefficient (Wildman–Crippen LogP) is 2.58. The zero-order valence-corrected chi connectivity index (χ0v) is 15.6. The molecule has 2 aliphatic rings. The molecule has 3 atom stereocenters. The molecule has 132 valence electrons. The minimum Gasteiger partial charge on any atom is -0.352 e. The van der Waals surface area contributed by atoms with Gasteiger partial charge in [-0.15, -0.1) is 24.8 Å². The van der Waals surface area contributed by atoms with Crippen LogP contribution in [-0.2, 0) is 4.79 Å². The number of carbonyl (C=O) groups is 1. The van der Waals surface area contributed by atoms with Gasteiger partial charge < -0.3 is 11.1 Å². The lowest BCUT2D eigenvalue weighted by molar-refractivity contribution is -0.129. The number of nitrogens with one attached hydrogen (secondary N) is 1. The fourth-order valence-electron chi connectivity index (χ4n) is 3.86. The SMILES string of the molecule is CC(C)C(C(=O)NC1CCCC1CN)N1CCCCC1.Cl.Cl. The molecule has 1 amide bonds. The average molecular weight is 354 g/mol. The first-order valence-corrected chi connectivity index (χ1v) is 8.38. The van der Waals surface area contributed by atoms with E-state index in [0.29, 0.717) is 24.4 Å². The van der Waals surface area contributed by atoms with E-state index >= 15 is 0 Å². The van der Waals surface area contributed by atoms with Crippen molar-refractivity contribution >= 4 is 30.7 Å². The summed E-state index contributed by atoms with van der Waals surface area (Å²) in [6.07, 6.45) is 7.22. The Labute approximate surface area is 147 Å². The third-order valence-corrected chi connectivity index (χ3v) is 4.97. The van der Waals surface area contributed by atoms with Gasteiger partial charge in [-0.05, 0) is 57.2 Å². The van der Waals surface area contributed by atoms with Gasteiger partial charge >= 0.3 is 0 Å². The van der Waals surface area contributed by atoms with Crippen molar-refractivity contribution in [2.24, 2.45) is 17.6 Å². The van der Waals surface area contributed by atoms with Crippen LogP contribution in [0.25, 0.3) is 0 Å². The van der Waals surface area contributed by atoms with Gasteiger partial charge in [-0.2, -0.15) is 0 Å². The summed E-state index contributed by atoms with van der Waals surface area (Å²) in [6, 6.07) is 0.341. The zero-order chi connectivity index (χ0) is 14.5. The van der Waals surface area contributed by atoms with E-state index in [1.54, 1.807) is 0 Å². The van der Waals surface area contributed by atoms with Crippen LogP contribution in [0.5, 0.6) is 0 Å². The topological polar surface area (TPSA) is 58.4 Å². The molecule has 1 aliphatic heterocycles. The van der Waals surface area contributed by atoms with Crippen LogP contribution in [0.2, 0.25) is 0 Å². The van der Waals surface area contributed by atoms with Crippen LogP contribution >= 0.6 is 24.8 Å². The second kappa shape index (κ2) is 10.7. The lowest BCUT2D eigenvalue weighted by Crippen LogP contribution is -2.54. The summed E-state index contributed by atoms with van der Waals surface area (Å²) in [7, 11) is 0. The summed E-state index contributed by atoms with van der Waals surface area (Å²) in [5, 5.41) is 3.30. The molecule has 2 rings (SSSR count). The highest BCUT2D eigenvalue weighted by molar-refractivity contribution is 5.85. The molecule has 0 radical (unpaired) electrons. The monoisotopic (exact) mass is 353 g/mol. The summed E-state index contributed by atoms with van der Waals surface area (Å²) in [6.45, 7) is 7.16. The van der Waals surface area contributed by atoms with E-state index in [-0.39, 0.29) is 36.8 Å². The Morgan fingerprint density at radius 1 is 1.14 bits per heavy atom. The number of halogens is 2. The molecule has 1 saturated heterocycles. The Bertz CT molecular complexity index is 323. The highest BCUT2D eigenvalue weighted by Crippen LogP contribution is 2.25. The van der Waals surface area contributed by atoms with Gasteiger partial charge in [-0.25, -0.2) is 0 Å². The fraction of sp³-hybridized carbons (Fsp3) is 0.938. The lowest BCUT2D eigenvalue weighted by Gasteiger charge is -2.36. The van der Waals surface area contributed by atoms with E-state index in [9.17, 15) is 4.79 Å². The maximum Gasteiger partial charge on any atom is 0.237 e. The second-order valence-electron chi connectivity index (χ2n) is 6.83. The molecule has 0 bridgehead atoms. The standard InChI is InChI=1S/C16H31N3O.2ClH/c1-12(2)15(19-9-4-3-5-10-19)16(20)18-14-8-6-7-13(14)11-17;;/h12-15H,3-11,17H2,1-2H3,(H,18,20);2*1H. The average Bonchev–Trinajstić information content (AvgIpc) is 2.86. The summed E-state index contributed by atoms with van der Waals surface area (Å²) < 4.78 is 0. The van der Waals surface area contributed by atoms with E-state index in [0.717, 1.165) is 25.9 Å². The molecule has 6 heteroatoms. The molecule has 0 spiro atoms. The predicted molar refractivity (Wildman–Crippen MR) is 96.9 cm³/mol. The first-order valence-electron chi connectivity index (χ1n) is 8.38. The Morgan fingerprint density at radius 3 is 2.32 bits per heavy atom. The molecular weight excluding hydrogens is 321 g/mol. The van der Waals surface area contributed by atoms with Gasteiger partial charge in [0.2, 0.25) is 5.91 Å². The number of carbonyl (C=O) groups excluding carboxylic acids is 1. The van der Waals surface area contributed by atoms with Crippen LogP contribution < -0.4 is 11.1 Å². The highest BCUT2D eigenvalue weighted by atomic mass is 35.5. The van der Waals surface area contributed by atoms with Crippen LogP contribution in [0.3, 0.4) is 0 Å². The summed E-state index contributed by atoms with van der Waals surface area (Å²) in [4.78, 5) is 15.1. The molecule has 1 heterocycles. The van der Waals surface area contributed by atoms with Gasteiger partial charge in [0.15, 0.2) is 0 Å². The Balaban J connectivity index is 0.00000220. The number of likely N-dealkylation sites (tertiary alicyclic amines) is 1. The van der Waals surface area contributed by atoms with Crippen molar-refractivity contribution in [3.63, 3.8) is 0 Å². The molecule has 0 aromatic carbocycles. The largest absolute Gasteiger partial charge is 0.352 e. The molecule has 1 aliphatic carbocycles. The number of amides is 1. The minimum atomic E-state index is 0. The maximum absolute atomic E-state index is 12.7. The van der Waals surface area contributed by atoms with E-state index < -0.39 is 0 Å². The zero-order valence-electron chi connectivity index (χ0n) is 13.9. The number of nitrogens with two attached hydrogens (primary N) is 1. The molecule has 4 nitrogen and oxygen atoms in total. The third-order valence-electron chi connectivity index (χ3n) is 4.97. The summed E-state index contributed by atoms with van der Waals surface area (Å²) in [5.74, 6) is 1.08. The quantitative estimate of drug-likeness (QED) is 0.798. The lowest BCUT2D eigenvalue weighted by atomic mass is 9.97. The van der Waals surface area contributed by atoms with Gasteiger partial charge in [0.05, 0.1) is 6.04 Å². The van der Waals surface area contributed by atoms with Crippen LogP contribution in [0.4, 0.5) is 0 Å². The van der Waals surface area contributed by atoms with Gasteiger partial charge in [0.1, 0.15) is 0 Å². The van der Waals surface area contributed by atoms with Crippen molar-refractivity contribution in [2.75, 3.05) is 19.6 Å². The van der Waals surface area contributed by atoms with Crippen molar-refractivity contribution in [1.82, 2.24) is 10.2 Å². The Morgan fingerprint density at radius 2 is 1.77 bits per heavy atom. The van der Waals surface area contributed by atoms with E-state index in [1.165, 1.54) is 25.7 Å². The van der Waals surface area contributed by atoms with Crippen molar-refractivity contribution < 1.29 is 4.79 Å². The van der Waals surface area contributed by atoms with E-state index in [4.69, 9.17) is 5.73 Å². The number of rotatable bonds is 5. The van der Waals surface area contributed by atoms with E-state index in [2.05, 4.69) is 24.1 Å². The van der Waals surface area contributed by atoms with Gasteiger partial charge in [-0.1, -0.05) is 26.7 Å². The summed E-state index contributed by atoms with van der Waals surface area (Å²) in [5.41, 5.74) is 5.82. The normalized spacial score (nSPS) is 26.9. The van der Waals surface area contributed by atoms with Crippen LogP contribution in [-0.4, -0.2) is 42.5 Å². The Kier molecular flexibility index (Phi) is 10.7. The van der Waals surface area contributed by atoms with Crippen LogP contribution in [0.15, 0.2) is 0 Å². The third kappa shape index (κ3) is 5.55. The number of hydrogen-bond acceptors (Lipinski definition) is 3. The molecule has 1 saturated carbocycles. The summed E-state index contributed by atoms with van der Waals surface area (Å²) >= 11 is 0. The molecule has 0 aromatic heterocycles. The number of piperidine rings is 1. The Hall–Kier alpha value is -0.0300. The van der Waals surface area contributed by atoms with Crippen molar-refractivity contribution in [2.45, 2.75) is 64.5 Å². The van der Waals surface area contributed by atoms with Crippen molar-refractivity contribution in [1.29, 1.82) is 0 Å². The highest BCUT2D eigenvalue weighted by Gasteiger charge is 2.34. The molecule has 22 heavy (non-hydrogen) atoms. The number of nitrogens with zero attached hydrogens (tertiary/aromatic N) is 1. The van der Waals surface area contributed by atoms with Crippen molar-refractivity contribution in [3.05, 3.63) is 0 Å². The number of hydrogen-bond donors (Lipinski definition) is 2. The fourth-order valence-corrected chi connectivity index (χ4v) is 3.86. The minimum absolute atomic E-state index is 0. The molecule has 3 N–H and O–H groups in total. The van der Waals surface area contributed by atoms with Crippen LogP contribution in [0, 0.1) is 11.8 Å². The van der Waals surface area contributed by atoms with Gasteiger partial charge in [0.25, 0.3) is 0 Å². The van der Waals surface area contributed by atoms with Gasteiger partial charge in [-0.3, -0.25) is 9.69 Å². The second-order valence-corrected chi connectivity index (χ2v) is 6.83. The van der Waals surface area contributed by atoms with E-state index in [1.807, 2.05) is 0 Å². The molecule has 0 aromatic rings. The van der Waals surface area contributed by atoms with Gasteiger partial charge in [0, 0.05) is 6.04 Å². The molecule has 2 fully saturated rings.